The monoisotopic (exact) mass is 437 g/mol. The summed E-state index contributed by atoms with van der Waals surface area (Å²) in [5.41, 5.74) is 0.262. The molecule has 0 bridgehead atoms. The van der Waals surface area contributed by atoms with E-state index in [0.29, 0.717) is 42.6 Å². The van der Waals surface area contributed by atoms with Gasteiger partial charge in [0.2, 0.25) is 5.91 Å². The van der Waals surface area contributed by atoms with Crippen LogP contribution in [0.15, 0.2) is 48.5 Å². The summed E-state index contributed by atoms with van der Waals surface area (Å²) in [5, 5.41) is 0.436. The lowest BCUT2D eigenvalue weighted by molar-refractivity contribution is -0.137. The predicted octanol–water partition coefficient (Wildman–Crippen LogP) is 3.81. The zero-order valence-corrected chi connectivity index (χ0v) is 16.7. The van der Waals surface area contributed by atoms with Crippen LogP contribution in [0.1, 0.15) is 12.0 Å². The Morgan fingerprint density at radius 3 is 2.23 bits per heavy atom. The van der Waals surface area contributed by atoms with Gasteiger partial charge < -0.3 is 4.90 Å². The molecule has 2 amide bonds. The Labute approximate surface area is 176 Å². The molecule has 158 valence electrons. The number of hydrogen-bond acceptors (Lipinski definition) is 4. The fourth-order valence-electron chi connectivity index (χ4n) is 3.96. The first-order valence-electron chi connectivity index (χ1n) is 9.52. The molecular weight excluding hydrogens is 419 g/mol. The van der Waals surface area contributed by atoms with Crippen molar-refractivity contribution in [1.29, 1.82) is 0 Å². The van der Waals surface area contributed by atoms with E-state index in [9.17, 15) is 22.8 Å². The molecule has 0 radical (unpaired) electrons. The molecule has 2 aliphatic rings. The second-order valence-corrected chi connectivity index (χ2v) is 7.77. The van der Waals surface area contributed by atoms with E-state index in [1.807, 2.05) is 9.80 Å². The molecule has 5 nitrogen and oxygen atoms in total. The number of anilines is 2. The van der Waals surface area contributed by atoms with Gasteiger partial charge in [-0.15, -0.1) is 0 Å². The third-order valence-electron chi connectivity index (χ3n) is 5.48. The molecule has 0 aliphatic carbocycles. The topological polar surface area (TPSA) is 43.9 Å². The summed E-state index contributed by atoms with van der Waals surface area (Å²) >= 11 is 5.98. The van der Waals surface area contributed by atoms with Gasteiger partial charge in [0.05, 0.1) is 23.7 Å². The molecule has 4 rings (SSSR count). The summed E-state index contributed by atoms with van der Waals surface area (Å²) < 4.78 is 38.9. The molecule has 1 atom stereocenters. The Morgan fingerprint density at radius 2 is 1.57 bits per heavy atom. The van der Waals surface area contributed by atoms with Crippen molar-refractivity contribution in [1.82, 2.24) is 4.90 Å². The Morgan fingerprint density at radius 1 is 0.900 bits per heavy atom. The molecule has 30 heavy (non-hydrogen) atoms. The maximum Gasteiger partial charge on any atom is 0.416 e. The Kier molecular flexibility index (Phi) is 5.46. The van der Waals surface area contributed by atoms with Crippen molar-refractivity contribution in [3.05, 3.63) is 59.1 Å². The number of imide groups is 1. The van der Waals surface area contributed by atoms with E-state index in [2.05, 4.69) is 0 Å². The van der Waals surface area contributed by atoms with Crippen LogP contribution in [0.25, 0.3) is 0 Å². The van der Waals surface area contributed by atoms with E-state index in [1.165, 1.54) is 6.07 Å². The summed E-state index contributed by atoms with van der Waals surface area (Å²) in [5.74, 6) is -0.581. The molecule has 2 saturated heterocycles. The second kappa shape index (κ2) is 7.92. The quantitative estimate of drug-likeness (QED) is 0.685. The minimum Gasteiger partial charge on any atom is -0.369 e. The van der Waals surface area contributed by atoms with Gasteiger partial charge in [-0.2, -0.15) is 13.2 Å². The van der Waals surface area contributed by atoms with Gasteiger partial charge in [0, 0.05) is 36.9 Å². The zero-order chi connectivity index (χ0) is 21.5. The average molecular weight is 438 g/mol. The van der Waals surface area contributed by atoms with Crippen molar-refractivity contribution in [3.8, 4) is 0 Å². The number of halogens is 4. The molecule has 9 heteroatoms. The average Bonchev–Trinajstić information content (AvgIpc) is 3.01. The van der Waals surface area contributed by atoms with Crippen LogP contribution < -0.4 is 9.80 Å². The van der Waals surface area contributed by atoms with E-state index >= 15 is 0 Å². The van der Waals surface area contributed by atoms with Gasteiger partial charge in [0.1, 0.15) is 0 Å². The fraction of sp³-hybridized carbons (Fsp3) is 0.333. The van der Waals surface area contributed by atoms with Crippen molar-refractivity contribution in [2.45, 2.75) is 18.6 Å². The minimum atomic E-state index is -4.39. The van der Waals surface area contributed by atoms with Crippen LogP contribution in [-0.4, -0.2) is 48.9 Å². The number of carbonyl (C=O) groups is 2. The molecule has 2 aromatic rings. The maximum atomic E-state index is 13.0. The van der Waals surface area contributed by atoms with Crippen molar-refractivity contribution in [2.24, 2.45) is 0 Å². The minimum absolute atomic E-state index is 0.0783. The molecular formula is C21H19ClF3N3O2. The number of piperazine rings is 1. The Hall–Kier alpha value is -2.58. The summed E-state index contributed by atoms with van der Waals surface area (Å²) in [6.07, 6.45) is -4.31. The lowest BCUT2D eigenvalue weighted by Crippen LogP contribution is -2.52. The smallest absolute Gasteiger partial charge is 0.369 e. The highest BCUT2D eigenvalue weighted by atomic mass is 35.5. The Balaban J connectivity index is 1.44. The normalized spacial score (nSPS) is 20.9. The second-order valence-electron chi connectivity index (χ2n) is 7.34. The Bertz CT molecular complexity index is 974. The van der Waals surface area contributed by atoms with Crippen molar-refractivity contribution in [3.63, 3.8) is 0 Å². The first kappa shape index (κ1) is 20.7. The first-order valence-corrected chi connectivity index (χ1v) is 9.90. The first-order chi connectivity index (χ1) is 14.2. The molecule has 2 heterocycles. The SMILES string of the molecule is O=C1C[C@@H](N2CCN(c3cccc(C(F)(F)F)c3)CC2)C(=O)N1c1cccc(Cl)c1. The summed E-state index contributed by atoms with van der Waals surface area (Å²) in [6, 6.07) is 11.2. The van der Waals surface area contributed by atoms with Crippen LogP contribution in [0.3, 0.4) is 0 Å². The highest BCUT2D eigenvalue weighted by Crippen LogP contribution is 2.32. The maximum absolute atomic E-state index is 13.0. The number of hydrogen-bond donors (Lipinski definition) is 0. The van der Waals surface area contributed by atoms with Gasteiger partial charge in [-0.3, -0.25) is 14.5 Å². The summed E-state index contributed by atoms with van der Waals surface area (Å²) in [7, 11) is 0. The van der Waals surface area contributed by atoms with Gasteiger partial charge >= 0.3 is 6.18 Å². The lowest BCUT2D eigenvalue weighted by atomic mass is 10.1. The number of rotatable bonds is 3. The van der Waals surface area contributed by atoms with Crippen LogP contribution in [0.5, 0.6) is 0 Å². The van der Waals surface area contributed by atoms with Crippen molar-refractivity contribution < 1.29 is 22.8 Å². The van der Waals surface area contributed by atoms with Gasteiger partial charge in [0.15, 0.2) is 0 Å². The molecule has 2 fully saturated rings. The van der Waals surface area contributed by atoms with E-state index in [0.717, 1.165) is 17.0 Å². The van der Waals surface area contributed by atoms with Gasteiger partial charge in [-0.05, 0) is 36.4 Å². The number of benzene rings is 2. The molecule has 0 unspecified atom stereocenters. The summed E-state index contributed by atoms with van der Waals surface area (Å²) in [6.45, 7) is 1.89. The van der Waals surface area contributed by atoms with Crippen LogP contribution in [0, 0.1) is 0 Å². The van der Waals surface area contributed by atoms with Gasteiger partial charge in [-0.25, -0.2) is 4.90 Å². The van der Waals surface area contributed by atoms with E-state index in [-0.39, 0.29) is 18.2 Å². The van der Waals surface area contributed by atoms with Crippen LogP contribution in [-0.2, 0) is 15.8 Å². The highest BCUT2D eigenvalue weighted by Gasteiger charge is 2.43. The molecule has 2 aliphatic heterocycles. The van der Waals surface area contributed by atoms with Gasteiger partial charge in [-0.1, -0.05) is 23.7 Å². The molecule has 0 aromatic heterocycles. The molecule has 0 saturated carbocycles. The third kappa shape index (κ3) is 4.02. The lowest BCUT2D eigenvalue weighted by Gasteiger charge is -2.38. The number of amides is 2. The van der Waals surface area contributed by atoms with Crippen LogP contribution in [0.4, 0.5) is 24.5 Å². The van der Waals surface area contributed by atoms with Crippen LogP contribution in [0.2, 0.25) is 5.02 Å². The molecule has 2 aromatic carbocycles. The number of nitrogens with zero attached hydrogens (tertiary/aromatic N) is 3. The number of carbonyl (C=O) groups excluding carboxylic acids is 2. The van der Waals surface area contributed by atoms with E-state index in [1.54, 1.807) is 30.3 Å². The standard InChI is InChI=1S/C21H19ClF3N3O2/c22-15-4-2-6-17(12-15)28-19(29)13-18(20(28)30)27-9-7-26(8-10-27)16-5-1-3-14(11-16)21(23,24)25/h1-6,11-12,18H,7-10,13H2/t18-/m1/s1. The van der Waals surface area contributed by atoms with E-state index in [4.69, 9.17) is 11.6 Å². The highest BCUT2D eigenvalue weighted by molar-refractivity contribution is 6.31. The predicted molar refractivity (Wildman–Crippen MR) is 108 cm³/mol. The van der Waals surface area contributed by atoms with E-state index < -0.39 is 17.8 Å². The zero-order valence-electron chi connectivity index (χ0n) is 15.9. The fourth-order valence-corrected chi connectivity index (χ4v) is 4.14. The van der Waals surface area contributed by atoms with Crippen molar-refractivity contribution in [2.75, 3.05) is 36.0 Å². The number of alkyl halides is 3. The third-order valence-corrected chi connectivity index (χ3v) is 5.72. The van der Waals surface area contributed by atoms with Crippen molar-refractivity contribution >= 4 is 34.8 Å². The largest absolute Gasteiger partial charge is 0.416 e. The summed E-state index contributed by atoms with van der Waals surface area (Å²) in [4.78, 5) is 30.4. The van der Waals surface area contributed by atoms with Gasteiger partial charge in [0.25, 0.3) is 5.91 Å². The molecule has 0 N–H and O–H groups in total. The van der Waals surface area contributed by atoms with Crippen LogP contribution >= 0.6 is 11.6 Å². The molecule has 0 spiro atoms.